The van der Waals surface area contributed by atoms with Gasteiger partial charge in [-0.05, 0) is 50.2 Å². The molecule has 5 rings (SSSR count). The molecule has 4 atom stereocenters. The molecule has 2 saturated heterocycles. The molecule has 0 spiro atoms. The average Bonchev–Trinajstić information content (AvgIpc) is 3.67. The second-order valence-electron chi connectivity index (χ2n) is 12.7. The normalized spacial score (nSPS) is 24.4. The van der Waals surface area contributed by atoms with Crippen LogP contribution in [0, 0.1) is 5.92 Å². The fraction of sp³-hybridized carbons (Fsp3) is 0.548. The fourth-order valence-corrected chi connectivity index (χ4v) is 5.69. The third-order valence-electron chi connectivity index (χ3n) is 8.93. The molecule has 1 unspecified atom stereocenters. The van der Waals surface area contributed by atoms with E-state index in [1.807, 2.05) is 64.8 Å². The maximum Gasteiger partial charge on any atom is 0.494 e. The molecule has 230 valence electrons. The largest absolute Gasteiger partial charge is 0.494 e. The summed E-state index contributed by atoms with van der Waals surface area (Å²) in [5.41, 5.74) is 3.23. The Labute approximate surface area is 253 Å². The molecule has 1 aromatic heterocycles. The van der Waals surface area contributed by atoms with Crippen LogP contribution >= 0.6 is 0 Å². The summed E-state index contributed by atoms with van der Waals surface area (Å²) < 4.78 is 23.4. The first-order chi connectivity index (χ1) is 20.4. The van der Waals surface area contributed by atoms with E-state index in [1.54, 1.807) is 18.6 Å². The first kappa shape index (κ1) is 31.1. The Balaban J connectivity index is 1.31. The number of likely N-dealkylation sites (tertiary alicyclic amines) is 1. The minimum atomic E-state index is -0.995. The average molecular weight is 592 g/mol. The van der Waals surface area contributed by atoms with Crippen molar-refractivity contribution in [3.63, 3.8) is 0 Å². The van der Waals surface area contributed by atoms with E-state index in [0.717, 1.165) is 22.3 Å². The van der Waals surface area contributed by atoms with E-state index in [0.29, 0.717) is 25.3 Å². The molecule has 0 saturated carbocycles. The molecule has 12 heteroatoms. The first-order valence-electron chi connectivity index (χ1n) is 14.8. The third-order valence-corrected chi connectivity index (χ3v) is 8.93. The molecule has 43 heavy (non-hydrogen) atoms. The van der Waals surface area contributed by atoms with Gasteiger partial charge >= 0.3 is 13.2 Å². The monoisotopic (exact) mass is 591 g/mol. The SMILES string of the molecule is COC(=O)N[C@@H](C(C)C)C(O)N1C[C@@H](Oc2cnccn2)C[C@H]1C1=NC=C(c2ccc(B3OC(C)(C)C(C)(C)O3)cc2)C1. The predicted octanol–water partition coefficient (Wildman–Crippen LogP) is 3.18. The number of nitrogens with zero attached hydrogens (tertiary/aromatic N) is 4. The number of aromatic nitrogens is 2. The molecule has 2 fully saturated rings. The Morgan fingerprint density at radius 2 is 1.84 bits per heavy atom. The number of alkyl carbamates (subject to hydrolysis) is 1. The highest BCUT2D eigenvalue weighted by Crippen LogP contribution is 2.37. The molecule has 11 nitrogen and oxygen atoms in total. The Kier molecular flexibility index (Phi) is 8.94. The molecule has 4 heterocycles. The molecule has 0 aliphatic carbocycles. The van der Waals surface area contributed by atoms with Gasteiger partial charge in [0.1, 0.15) is 12.3 Å². The van der Waals surface area contributed by atoms with E-state index >= 15 is 0 Å². The van der Waals surface area contributed by atoms with Crippen molar-refractivity contribution in [3.05, 3.63) is 54.6 Å². The van der Waals surface area contributed by atoms with Crippen LogP contribution in [0.25, 0.3) is 5.57 Å². The van der Waals surface area contributed by atoms with Gasteiger partial charge in [-0.15, -0.1) is 0 Å². The van der Waals surface area contributed by atoms with Crippen LogP contribution in [0.2, 0.25) is 0 Å². The number of benzene rings is 1. The Bertz CT molecular complexity index is 1330. The van der Waals surface area contributed by atoms with Crippen molar-refractivity contribution < 1.29 is 28.7 Å². The molecule has 2 N–H and O–H groups in total. The Morgan fingerprint density at radius 1 is 1.14 bits per heavy atom. The summed E-state index contributed by atoms with van der Waals surface area (Å²) in [6, 6.07) is 7.44. The van der Waals surface area contributed by atoms with Gasteiger partial charge in [0.15, 0.2) is 0 Å². The van der Waals surface area contributed by atoms with Crippen molar-refractivity contribution in [2.75, 3.05) is 13.7 Å². The number of carbonyl (C=O) groups is 1. The lowest BCUT2D eigenvalue weighted by Crippen LogP contribution is -2.56. The lowest BCUT2D eigenvalue weighted by atomic mass is 9.78. The summed E-state index contributed by atoms with van der Waals surface area (Å²) in [7, 11) is 0.890. The van der Waals surface area contributed by atoms with Crippen molar-refractivity contribution in [2.45, 2.75) is 90.0 Å². The summed E-state index contributed by atoms with van der Waals surface area (Å²) in [5.74, 6) is 0.362. The first-order valence-corrected chi connectivity index (χ1v) is 14.8. The van der Waals surface area contributed by atoms with Gasteiger partial charge < -0.3 is 29.2 Å². The smallest absolute Gasteiger partial charge is 0.472 e. The number of carbonyl (C=O) groups excluding carboxylic acids is 1. The molecule has 0 bridgehead atoms. The number of methoxy groups -OCH3 is 1. The number of amides is 1. The van der Waals surface area contributed by atoms with Crippen LogP contribution in [0.1, 0.15) is 59.9 Å². The number of nitrogens with one attached hydrogen (secondary N) is 1. The van der Waals surface area contributed by atoms with Crippen molar-refractivity contribution in [1.82, 2.24) is 20.2 Å². The molecule has 3 aliphatic rings. The summed E-state index contributed by atoms with van der Waals surface area (Å²) in [5, 5.41) is 14.4. The molecular formula is C31H42BN5O6. The number of ether oxygens (including phenoxy) is 2. The zero-order chi connectivity index (χ0) is 30.9. The molecule has 1 aromatic carbocycles. The number of allylic oxidation sites excluding steroid dienone is 1. The van der Waals surface area contributed by atoms with Gasteiger partial charge in [0.05, 0.1) is 36.6 Å². The molecule has 1 amide bonds. The highest BCUT2D eigenvalue weighted by molar-refractivity contribution is 6.62. The maximum atomic E-state index is 12.1. The second kappa shape index (κ2) is 12.4. The van der Waals surface area contributed by atoms with Gasteiger partial charge in [-0.3, -0.25) is 14.9 Å². The standard InChI is InChI=1S/C31H42BN5O6/c1-19(2)27(36-29(39)40-7)28(38)37-18-23(41-26-17-33-12-13-34-26)15-25(37)24-14-21(16-35-24)20-8-10-22(11-9-20)32-42-30(3,4)31(5,6)43-32/h8-13,16-17,19,23,25,27-28,38H,14-15,18H2,1-7H3,(H,36,39)/t23-,25-,27-,28?/m0/s1. The molecule has 0 radical (unpaired) electrons. The minimum absolute atomic E-state index is 0.0589. The summed E-state index contributed by atoms with van der Waals surface area (Å²) in [4.78, 5) is 27.2. The van der Waals surface area contributed by atoms with Gasteiger partial charge in [0.2, 0.25) is 5.88 Å². The Morgan fingerprint density at radius 3 is 2.44 bits per heavy atom. The van der Waals surface area contributed by atoms with E-state index in [1.165, 1.54) is 7.11 Å². The topological polar surface area (TPSA) is 128 Å². The van der Waals surface area contributed by atoms with Gasteiger partial charge in [-0.25, -0.2) is 9.78 Å². The number of hydrogen-bond donors (Lipinski definition) is 2. The van der Waals surface area contributed by atoms with Crippen molar-refractivity contribution in [2.24, 2.45) is 10.9 Å². The molecule has 3 aliphatic heterocycles. The highest BCUT2D eigenvalue weighted by Gasteiger charge is 2.51. The van der Waals surface area contributed by atoms with Gasteiger partial charge in [0, 0.05) is 43.7 Å². The molecular weight excluding hydrogens is 549 g/mol. The van der Waals surface area contributed by atoms with Crippen molar-refractivity contribution in [3.8, 4) is 5.88 Å². The van der Waals surface area contributed by atoms with Crippen LogP contribution in [0.15, 0.2) is 54.0 Å². The minimum Gasteiger partial charge on any atom is -0.472 e. The van der Waals surface area contributed by atoms with Crippen LogP contribution in [0.3, 0.4) is 0 Å². The van der Waals surface area contributed by atoms with Gasteiger partial charge in [0.25, 0.3) is 0 Å². The number of aliphatic hydroxyl groups excluding tert-OH is 1. The van der Waals surface area contributed by atoms with Crippen molar-refractivity contribution >= 4 is 30.0 Å². The van der Waals surface area contributed by atoms with Gasteiger partial charge in [-0.2, -0.15) is 0 Å². The number of aliphatic hydroxyl groups is 1. The maximum absolute atomic E-state index is 12.1. The third kappa shape index (κ3) is 6.62. The lowest BCUT2D eigenvalue weighted by molar-refractivity contribution is -0.0346. The Hall–Kier alpha value is -3.32. The van der Waals surface area contributed by atoms with E-state index in [2.05, 4.69) is 27.4 Å². The number of rotatable bonds is 9. The van der Waals surface area contributed by atoms with Crippen LogP contribution in [-0.2, 0) is 14.0 Å². The summed E-state index contributed by atoms with van der Waals surface area (Å²) in [6.07, 6.45) is 6.02. The number of hydrogen-bond acceptors (Lipinski definition) is 10. The van der Waals surface area contributed by atoms with E-state index in [4.69, 9.17) is 23.8 Å². The molecule has 2 aromatic rings. The number of aliphatic imine (C=N–C) groups is 1. The van der Waals surface area contributed by atoms with Crippen LogP contribution in [0.4, 0.5) is 4.79 Å². The zero-order valence-corrected chi connectivity index (χ0v) is 26.0. The van der Waals surface area contributed by atoms with Crippen LogP contribution in [-0.4, -0.2) is 88.2 Å². The highest BCUT2D eigenvalue weighted by atomic mass is 16.7. The lowest BCUT2D eigenvalue weighted by Gasteiger charge is -2.36. The summed E-state index contributed by atoms with van der Waals surface area (Å²) >= 11 is 0. The second-order valence-corrected chi connectivity index (χ2v) is 12.7. The van der Waals surface area contributed by atoms with Crippen LogP contribution in [0.5, 0.6) is 5.88 Å². The van der Waals surface area contributed by atoms with Crippen molar-refractivity contribution in [1.29, 1.82) is 0 Å². The van der Waals surface area contributed by atoms with Gasteiger partial charge in [-0.1, -0.05) is 38.1 Å². The van der Waals surface area contributed by atoms with E-state index < -0.39 is 36.7 Å². The fourth-order valence-electron chi connectivity index (χ4n) is 5.69. The zero-order valence-electron chi connectivity index (χ0n) is 26.0. The quantitative estimate of drug-likeness (QED) is 0.423. The predicted molar refractivity (Wildman–Crippen MR) is 164 cm³/mol. The van der Waals surface area contributed by atoms with E-state index in [9.17, 15) is 9.90 Å². The van der Waals surface area contributed by atoms with E-state index in [-0.39, 0.29) is 18.1 Å². The van der Waals surface area contributed by atoms with Crippen LogP contribution < -0.4 is 15.5 Å². The summed E-state index contributed by atoms with van der Waals surface area (Å²) in [6.45, 7) is 12.5.